The van der Waals surface area contributed by atoms with Gasteiger partial charge in [-0.05, 0) is 24.0 Å². The first-order valence-electron chi connectivity index (χ1n) is 9.29. The molecule has 1 aliphatic rings. The molecule has 0 aromatic heterocycles. The molecule has 0 amide bonds. The first-order chi connectivity index (χ1) is 12.5. The Labute approximate surface area is 161 Å². The van der Waals surface area contributed by atoms with Gasteiger partial charge in [-0.3, -0.25) is 0 Å². The Morgan fingerprint density at radius 3 is 2.15 bits per heavy atom. The van der Waals surface area contributed by atoms with Gasteiger partial charge in [0.15, 0.2) is 11.4 Å². The number of amidine groups is 1. The number of nitrogens with zero attached hydrogens (tertiary/aromatic N) is 2. The highest BCUT2D eigenvalue weighted by Crippen LogP contribution is 2.38. The number of hydrogen-bond acceptors (Lipinski definition) is 2. The average Bonchev–Trinajstić information content (AvgIpc) is 3.01. The van der Waals surface area contributed by atoms with Gasteiger partial charge >= 0.3 is 5.29 Å². The van der Waals surface area contributed by atoms with Gasteiger partial charge in [-0.1, -0.05) is 58.0 Å². The van der Waals surface area contributed by atoms with E-state index in [2.05, 4.69) is 61.4 Å². The maximum absolute atomic E-state index is 6.91. The summed E-state index contributed by atoms with van der Waals surface area (Å²) in [5.74, 6) is 1.72. The molecule has 26 heavy (non-hydrogen) atoms. The smallest absolute Gasteiger partial charge is 0.355 e. The van der Waals surface area contributed by atoms with Crippen LogP contribution in [0.1, 0.15) is 50.7 Å². The van der Waals surface area contributed by atoms with E-state index >= 15 is 0 Å². The van der Waals surface area contributed by atoms with Crippen LogP contribution in [0.5, 0.6) is 5.75 Å². The summed E-state index contributed by atoms with van der Waals surface area (Å²) in [5.41, 5.74) is 4.96. The van der Waals surface area contributed by atoms with E-state index in [1.54, 1.807) is 7.11 Å². The summed E-state index contributed by atoms with van der Waals surface area (Å²) in [4.78, 5) is 2.14. The highest BCUT2D eigenvalue weighted by atomic mass is 35.5. The molecule has 0 bridgehead atoms. The molecule has 0 saturated carbocycles. The van der Waals surface area contributed by atoms with Gasteiger partial charge in [-0.2, -0.15) is 0 Å². The largest absolute Gasteiger partial charge is 0.492 e. The van der Waals surface area contributed by atoms with Crippen molar-refractivity contribution in [3.8, 4) is 5.75 Å². The monoisotopic (exact) mass is 371 g/mol. The van der Waals surface area contributed by atoms with Crippen LogP contribution in [0.3, 0.4) is 0 Å². The molecule has 4 heteroatoms. The third kappa shape index (κ3) is 3.33. The second-order valence-electron chi connectivity index (χ2n) is 7.34. The third-order valence-corrected chi connectivity index (χ3v) is 5.39. The third-order valence-electron chi connectivity index (χ3n) is 4.98. The molecular weight excluding hydrogens is 344 g/mol. The van der Waals surface area contributed by atoms with Gasteiger partial charge in [0.05, 0.1) is 7.11 Å². The number of benzene rings is 2. The van der Waals surface area contributed by atoms with Gasteiger partial charge in [-0.15, -0.1) is 0 Å². The van der Waals surface area contributed by atoms with Gasteiger partial charge < -0.3 is 4.74 Å². The van der Waals surface area contributed by atoms with Gasteiger partial charge in [0.25, 0.3) is 0 Å². The molecule has 0 saturated heterocycles. The van der Waals surface area contributed by atoms with Crippen LogP contribution < -0.4 is 9.64 Å². The van der Waals surface area contributed by atoms with Crippen molar-refractivity contribution in [2.45, 2.75) is 39.5 Å². The van der Waals surface area contributed by atoms with E-state index in [1.807, 2.05) is 18.2 Å². The fourth-order valence-corrected chi connectivity index (χ4v) is 3.97. The van der Waals surface area contributed by atoms with Gasteiger partial charge in [0.2, 0.25) is 0 Å². The standard InChI is InChI=1S/C22H28ClN2O/c1-15(2)17-9-8-10-18(16(3)4)21(17)25-14-13-24(22(25)23)19-11-6-7-12-20(19)26-5/h6-12,15-16H,13-14H2,1-5H3/q+1. The first-order valence-corrected chi connectivity index (χ1v) is 9.66. The van der Waals surface area contributed by atoms with Crippen molar-refractivity contribution in [2.24, 2.45) is 0 Å². The van der Waals surface area contributed by atoms with Gasteiger partial charge in [0.1, 0.15) is 18.8 Å². The van der Waals surface area contributed by atoms with E-state index in [0.717, 1.165) is 29.8 Å². The predicted octanol–water partition coefficient (Wildman–Crippen LogP) is 5.70. The van der Waals surface area contributed by atoms with Crippen LogP contribution in [-0.2, 0) is 0 Å². The maximum atomic E-state index is 6.91. The lowest BCUT2D eigenvalue weighted by atomic mass is 9.92. The van der Waals surface area contributed by atoms with Crippen molar-refractivity contribution in [1.82, 2.24) is 0 Å². The van der Waals surface area contributed by atoms with E-state index in [1.165, 1.54) is 16.8 Å². The Kier molecular flexibility index (Phi) is 5.57. The Morgan fingerprint density at radius 1 is 0.962 bits per heavy atom. The van der Waals surface area contributed by atoms with Gasteiger partial charge in [-0.25, -0.2) is 9.48 Å². The second kappa shape index (κ2) is 7.71. The number of para-hydroxylation sites is 3. The predicted molar refractivity (Wildman–Crippen MR) is 111 cm³/mol. The van der Waals surface area contributed by atoms with Crippen molar-refractivity contribution in [3.63, 3.8) is 0 Å². The molecular formula is C22H28ClN2O+. The molecule has 2 aromatic carbocycles. The minimum atomic E-state index is 0.438. The fraction of sp³-hybridized carbons (Fsp3) is 0.409. The molecule has 0 N–H and O–H groups in total. The first kappa shape index (κ1) is 18.8. The average molecular weight is 372 g/mol. The van der Waals surface area contributed by atoms with E-state index in [0.29, 0.717) is 11.8 Å². The number of methoxy groups -OCH3 is 1. The van der Waals surface area contributed by atoms with Crippen molar-refractivity contribution < 1.29 is 9.31 Å². The Morgan fingerprint density at radius 2 is 1.58 bits per heavy atom. The number of rotatable bonds is 5. The van der Waals surface area contributed by atoms with Crippen LogP contribution in [0, 0.1) is 0 Å². The number of halogens is 1. The maximum Gasteiger partial charge on any atom is 0.355 e. The summed E-state index contributed by atoms with van der Waals surface area (Å²) in [5, 5.41) is 0.740. The zero-order valence-electron chi connectivity index (χ0n) is 16.3. The van der Waals surface area contributed by atoms with Crippen molar-refractivity contribution in [3.05, 3.63) is 53.6 Å². The van der Waals surface area contributed by atoms with Crippen LogP contribution in [0.15, 0.2) is 42.5 Å². The molecule has 0 unspecified atom stereocenters. The zero-order chi connectivity index (χ0) is 18.8. The summed E-state index contributed by atoms with van der Waals surface area (Å²) in [6, 6.07) is 14.6. The fourth-order valence-electron chi connectivity index (χ4n) is 3.63. The summed E-state index contributed by atoms with van der Waals surface area (Å²) in [6.07, 6.45) is 0. The molecule has 3 nitrogen and oxygen atoms in total. The lowest BCUT2D eigenvalue weighted by molar-refractivity contribution is -0.427. The highest BCUT2D eigenvalue weighted by Gasteiger charge is 2.36. The molecule has 1 aliphatic heterocycles. The summed E-state index contributed by atoms with van der Waals surface area (Å²) in [7, 11) is 1.70. The topological polar surface area (TPSA) is 15.5 Å². The van der Waals surface area contributed by atoms with E-state index in [4.69, 9.17) is 16.3 Å². The van der Waals surface area contributed by atoms with Crippen LogP contribution in [0.2, 0.25) is 0 Å². The Bertz CT molecular complexity index is 800. The Hall–Kier alpha value is -2.00. The molecule has 3 rings (SSSR count). The van der Waals surface area contributed by atoms with Crippen LogP contribution in [0.4, 0.5) is 11.4 Å². The lowest BCUT2D eigenvalue weighted by Gasteiger charge is -2.18. The summed E-state index contributed by atoms with van der Waals surface area (Å²) in [6.45, 7) is 10.7. The molecule has 0 aliphatic carbocycles. The van der Waals surface area contributed by atoms with Crippen LogP contribution in [0.25, 0.3) is 0 Å². The lowest BCUT2D eigenvalue weighted by Crippen LogP contribution is -2.24. The quantitative estimate of drug-likeness (QED) is 0.494. The van der Waals surface area contributed by atoms with Crippen molar-refractivity contribution >= 4 is 28.3 Å². The number of ether oxygens (including phenoxy) is 1. The zero-order valence-corrected chi connectivity index (χ0v) is 17.0. The second-order valence-corrected chi connectivity index (χ2v) is 7.68. The molecule has 0 radical (unpaired) electrons. The highest BCUT2D eigenvalue weighted by molar-refractivity contribution is 6.66. The molecule has 1 heterocycles. The minimum absolute atomic E-state index is 0.438. The molecule has 138 valence electrons. The SMILES string of the molecule is COc1ccccc1N1CC[N+](c2c(C(C)C)cccc2C(C)C)=C1Cl. The van der Waals surface area contributed by atoms with Crippen LogP contribution >= 0.6 is 11.6 Å². The molecule has 0 fully saturated rings. The molecule has 0 atom stereocenters. The minimum Gasteiger partial charge on any atom is -0.492 e. The summed E-state index contributed by atoms with van der Waals surface area (Å²) < 4.78 is 7.80. The van der Waals surface area contributed by atoms with Crippen LogP contribution in [-0.4, -0.2) is 30.1 Å². The molecule has 0 spiro atoms. The molecule has 2 aromatic rings. The van der Waals surface area contributed by atoms with E-state index in [9.17, 15) is 0 Å². The number of hydrogen-bond donors (Lipinski definition) is 0. The summed E-state index contributed by atoms with van der Waals surface area (Å²) >= 11 is 6.91. The Balaban J connectivity index is 2.15. The normalized spacial score (nSPS) is 14.7. The van der Waals surface area contributed by atoms with E-state index in [-0.39, 0.29) is 0 Å². The van der Waals surface area contributed by atoms with Gasteiger partial charge in [0, 0.05) is 22.7 Å². The van der Waals surface area contributed by atoms with E-state index < -0.39 is 0 Å². The van der Waals surface area contributed by atoms with Crippen molar-refractivity contribution in [1.29, 1.82) is 0 Å². The van der Waals surface area contributed by atoms with Crippen molar-refractivity contribution in [2.75, 3.05) is 25.1 Å². The number of anilines is 1.